The van der Waals surface area contributed by atoms with Crippen molar-refractivity contribution in [2.45, 2.75) is 13.3 Å². The summed E-state index contributed by atoms with van der Waals surface area (Å²) in [5.41, 5.74) is 6.67. The topological polar surface area (TPSA) is 111 Å². The van der Waals surface area contributed by atoms with E-state index < -0.39 is 0 Å². The number of benzene rings is 2. The zero-order valence-electron chi connectivity index (χ0n) is 21.6. The molecule has 0 saturated heterocycles. The highest BCUT2D eigenvalue weighted by molar-refractivity contribution is 5.90. The number of anilines is 2. The van der Waals surface area contributed by atoms with Gasteiger partial charge in [-0.25, -0.2) is 19.6 Å². The van der Waals surface area contributed by atoms with Gasteiger partial charge in [-0.3, -0.25) is 4.79 Å². The van der Waals surface area contributed by atoms with Crippen LogP contribution >= 0.6 is 0 Å². The van der Waals surface area contributed by atoms with Crippen molar-refractivity contribution in [3.05, 3.63) is 84.8 Å². The Morgan fingerprint density at radius 3 is 2.85 bits per heavy atom. The van der Waals surface area contributed by atoms with E-state index in [1.165, 1.54) is 12.4 Å². The van der Waals surface area contributed by atoms with Gasteiger partial charge in [0.2, 0.25) is 5.91 Å². The SMILES string of the molecule is C=CC(=O)N1CCC=C(c2ccc3ncnc(Nc4ccc(Oc5ccc6c(c5)nnn6C)c(C)c4)c3n2)C1. The molecular formula is C29H26N8O2. The number of aromatic nitrogens is 6. The Kier molecular flexibility index (Phi) is 6.20. The number of nitrogens with one attached hydrogen (secondary N) is 1. The zero-order chi connectivity index (χ0) is 26.9. The molecule has 10 nitrogen and oxygen atoms in total. The molecular weight excluding hydrogens is 492 g/mol. The molecule has 1 amide bonds. The van der Waals surface area contributed by atoms with E-state index in [1.54, 1.807) is 9.58 Å². The molecule has 0 radical (unpaired) electrons. The summed E-state index contributed by atoms with van der Waals surface area (Å²) in [7, 11) is 1.86. The number of hydrogen-bond donors (Lipinski definition) is 1. The van der Waals surface area contributed by atoms with Crippen molar-refractivity contribution in [1.29, 1.82) is 0 Å². The number of fused-ring (bicyclic) bond motifs is 2. The third-order valence-corrected chi connectivity index (χ3v) is 6.70. The van der Waals surface area contributed by atoms with Crippen LogP contribution in [0.15, 0.2) is 73.6 Å². The van der Waals surface area contributed by atoms with Crippen LogP contribution < -0.4 is 10.1 Å². The van der Waals surface area contributed by atoms with E-state index in [0.717, 1.165) is 51.2 Å². The molecule has 0 aliphatic carbocycles. The van der Waals surface area contributed by atoms with Crippen molar-refractivity contribution in [1.82, 2.24) is 34.8 Å². The van der Waals surface area contributed by atoms with Gasteiger partial charge in [0.15, 0.2) is 5.82 Å². The minimum atomic E-state index is -0.0795. The van der Waals surface area contributed by atoms with E-state index in [0.29, 0.717) is 30.2 Å². The number of carbonyl (C=O) groups is 1. The molecule has 0 bridgehead atoms. The minimum Gasteiger partial charge on any atom is -0.457 e. The third-order valence-electron chi connectivity index (χ3n) is 6.70. The molecule has 0 fully saturated rings. The fourth-order valence-corrected chi connectivity index (χ4v) is 4.65. The molecule has 1 N–H and O–H groups in total. The second kappa shape index (κ2) is 9.97. The number of pyridine rings is 1. The molecule has 0 unspecified atom stereocenters. The Labute approximate surface area is 224 Å². The molecule has 4 heterocycles. The van der Waals surface area contributed by atoms with Gasteiger partial charge in [-0.1, -0.05) is 17.9 Å². The lowest BCUT2D eigenvalue weighted by Crippen LogP contribution is -2.34. The summed E-state index contributed by atoms with van der Waals surface area (Å²) in [6.45, 7) is 6.76. The van der Waals surface area contributed by atoms with Gasteiger partial charge in [0.1, 0.15) is 28.9 Å². The average Bonchev–Trinajstić information content (AvgIpc) is 3.33. The quantitative estimate of drug-likeness (QED) is 0.314. The normalized spacial score (nSPS) is 13.4. The number of hydrogen-bond acceptors (Lipinski definition) is 8. The van der Waals surface area contributed by atoms with Gasteiger partial charge in [-0.05, 0) is 73.0 Å². The van der Waals surface area contributed by atoms with Gasteiger partial charge in [0, 0.05) is 31.9 Å². The first kappa shape index (κ1) is 24.2. The fraction of sp³-hybridized carbons (Fsp3) is 0.172. The summed E-state index contributed by atoms with van der Waals surface area (Å²) in [6, 6.07) is 15.4. The van der Waals surface area contributed by atoms with Crippen molar-refractivity contribution in [2.75, 3.05) is 18.4 Å². The monoisotopic (exact) mass is 518 g/mol. The lowest BCUT2D eigenvalue weighted by Gasteiger charge is -2.26. The lowest BCUT2D eigenvalue weighted by molar-refractivity contribution is -0.125. The molecule has 6 rings (SSSR count). The first-order valence-corrected chi connectivity index (χ1v) is 12.6. The Bertz CT molecular complexity index is 1770. The van der Waals surface area contributed by atoms with Crippen LogP contribution in [0.4, 0.5) is 11.5 Å². The molecule has 0 spiro atoms. The highest BCUT2D eigenvalue weighted by Gasteiger charge is 2.19. The van der Waals surface area contributed by atoms with Gasteiger partial charge in [0.25, 0.3) is 0 Å². The molecule has 39 heavy (non-hydrogen) atoms. The molecule has 1 aliphatic rings. The zero-order valence-corrected chi connectivity index (χ0v) is 21.6. The summed E-state index contributed by atoms with van der Waals surface area (Å²) >= 11 is 0. The lowest BCUT2D eigenvalue weighted by atomic mass is 10.1. The van der Waals surface area contributed by atoms with Gasteiger partial charge in [-0.15, -0.1) is 5.10 Å². The Balaban J connectivity index is 1.24. The predicted octanol–water partition coefficient (Wildman–Crippen LogP) is 4.95. The molecule has 0 saturated carbocycles. The highest BCUT2D eigenvalue weighted by atomic mass is 16.5. The first-order chi connectivity index (χ1) is 19.0. The number of amides is 1. The Hall–Kier alpha value is -5.12. The average molecular weight is 519 g/mol. The summed E-state index contributed by atoms with van der Waals surface area (Å²) in [5, 5.41) is 11.6. The van der Waals surface area contributed by atoms with Gasteiger partial charge >= 0.3 is 0 Å². The van der Waals surface area contributed by atoms with E-state index in [1.807, 2.05) is 62.5 Å². The maximum Gasteiger partial charge on any atom is 0.246 e. The molecule has 10 heteroatoms. The predicted molar refractivity (Wildman–Crippen MR) is 150 cm³/mol. The number of aryl methyl sites for hydroxylation is 2. The van der Waals surface area contributed by atoms with E-state index >= 15 is 0 Å². The van der Waals surface area contributed by atoms with Gasteiger partial charge in [0.05, 0.1) is 16.7 Å². The summed E-state index contributed by atoms with van der Waals surface area (Å²) < 4.78 is 7.86. The summed E-state index contributed by atoms with van der Waals surface area (Å²) in [4.78, 5) is 27.6. The van der Waals surface area contributed by atoms with Crippen LogP contribution in [0, 0.1) is 6.92 Å². The smallest absolute Gasteiger partial charge is 0.246 e. The van der Waals surface area contributed by atoms with Crippen LogP contribution in [0.3, 0.4) is 0 Å². The van der Waals surface area contributed by atoms with Crippen molar-refractivity contribution in [3.8, 4) is 11.5 Å². The standard InChI is InChI=1S/C29H26N8O2/c1-4-27(38)37-13-5-6-19(16-37)22-9-10-23-28(33-22)29(31-17-30-23)32-20-7-12-26(18(2)14-20)39-21-8-11-25-24(15-21)34-35-36(25)3/h4,6-12,14-15,17H,1,5,13,16H2,2-3H3,(H,30,31,32). The Morgan fingerprint density at radius 2 is 2.00 bits per heavy atom. The van der Waals surface area contributed by atoms with Gasteiger partial charge < -0.3 is 15.0 Å². The maximum atomic E-state index is 12.1. The van der Waals surface area contributed by atoms with Crippen molar-refractivity contribution >= 4 is 45.1 Å². The van der Waals surface area contributed by atoms with Crippen LogP contribution in [-0.2, 0) is 11.8 Å². The summed E-state index contributed by atoms with van der Waals surface area (Å²) in [6.07, 6.45) is 5.76. The van der Waals surface area contributed by atoms with Crippen LogP contribution in [0.5, 0.6) is 11.5 Å². The largest absolute Gasteiger partial charge is 0.457 e. The molecule has 0 atom stereocenters. The van der Waals surface area contributed by atoms with E-state index in [-0.39, 0.29) is 5.91 Å². The Morgan fingerprint density at radius 1 is 1.10 bits per heavy atom. The van der Waals surface area contributed by atoms with Crippen molar-refractivity contribution in [2.24, 2.45) is 7.05 Å². The van der Waals surface area contributed by atoms with E-state index in [2.05, 4.69) is 38.3 Å². The maximum absolute atomic E-state index is 12.1. The number of carbonyl (C=O) groups excluding carboxylic acids is 1. The van der Waals surface area contributed by atoms with E-state index in [4.69, 9.17) is 9.72 Å². The minimum absolute atomic E-state index is 0.0795. The molecule has 194 valence electrons. The van der Waals surface area contributed by atoms with Crippen LogP contribution in [0.1, 0.15) is 17.7 Å². The number of nitrogens with zero attached hydrogens (tertiary/aromatic N) is 7. The van der Waals surface area contributed by atoms with Crippen LogP contribution in [-0.4, -0.2) is 53.8 Å². The first-order valence-electron chi connectivity index (χ1n) is 12.6. The molecule has 2 aromatic carbocycles. The fourth-order valence-electron chi connectivity index (χ4n) is 4.65. The summed E-state index contributed by atoms with van der Waals surface area (Å²) in [5.74, 6) is 1.94. The number of ether oxygens (including phenoxy) is 1. The van der Waals surface area contributed by atoms with Crippen LogP contribution in [0.2, 0.25) is 0 Å². The van der Waals surface area contributed by atoms with Crippen molar-refractivity contribution < 1.29 is 9.53 Å². The second-order valence-corrected chi connectivity index (χ2v) is 9.34. The molecule has 3 aromatic heterocycles. The van der Waals surface area contributed by atoms with Crippen molar-refractivity contribution in [3.63, 3.8) is 0 Å². The van der Waals surface area contributed by atoms with E-state index in [9.17, 15) is 4.79 Å². The number of rotatable bonds is 6. The molecule has 5 aromatic rings. The molecule has 1 aliphatic heterocycles. The second-order valence-electron chi connectivity index (χ2n) is 9.34. The highest BCUT2D eigenvalue weighted by Crippen LogP contribution is 2.31. The van der Waals surface area contributed by atoms with Crippen LogP contribution in [0.25, 0.3) is 27.6 Å². The third kappa shape index (κ3) is 4.79. The van der Waals surface area contributed by atoms with Gasteiger partial charge in [-0.2, -0.15) is 0 Å².